The number of hydrogen-bond donors (Lipinski definition) is 0. The van der Waals surface area contributed by atoms with Gasteiger partial charge in [-0.25, -0.2) is 0 Å². The highest BCUT2D eigenvalue weighted by atomic mass is 16.9. The van der Waals surface area contributed by atoms with Gasteiger partial charge in [0.15, 0.2) is 0 Å². The summed E-state index contributed by atoms with van der Waals surface area (Å²) in [5.74, 6) is -0.936. The third kappa shape index (κ3) is 2.26. The van der Waals surface area contributed by atoms with Gasteiger partial charge >= 0.3 is 0 Å². The van der Waals surface area contributed by atoms with Gasteiger partial charge in [0.25, 0.3) is 5.97 Å². The molecule has 0 aromatic heterocycles. The Kier molecular flexibility index (Phi) is 4.63. The van der Waals surface area contributed by atoms with Crippen LogP contribution in [0.1, 0.15) is 0 Å². The molecule has 62 valence electrons. The van der Waals surface area contributed by atoms with Crippen LogP contribution < -0.4 is 0 Å². The van der Waals surface area contributed by atoms with Crippen LogP contribution in [0.15, 0.2) is 0 Å². The Bertz CT molecular complexity index is 75.5. The zero-order valence-corrected chi connectivity index (χ0v) is 5.84. The van der Waals surface area contributed by atoms with Crippen LogP contribution >= 0.6 is 0 Å². The summed E-state index contributed by atoms with van der Waals surface area (Å²) in [4.78, 5) is 0. The van der Waals surface area contributed by atoms with Gasteiger partial charge in [0, 0.05) is 21.3 Å². The molecule has 0 saturated carbocycles. The lowest BCUT2D eigenvalue weighted by atomic mass is 10.5. The molecule has 0 bridgehead atoms. The molecule has 0 saturated heterocycles. The minimum Gasteiger partial charge on any atom is -0.552 e. The van der Waals surface area contributed by atoms with Crippen LogP contribution in [0.4, 0.5) is 0 Å². The maximum Gasteiger partial charge on any atom is 0.265 e. The fourth-order valence-electron chi connectivity index (χ4n) is 0.378. The van der Waals surface area contributed by atoms with E-state index >= 15 is 0 Å². The van der Waals surface area contributed by atoms with Gasteiger partial charge in [-0.3, -0.25) is 0 Å². The maximum atomic E-state index is 5.16. The highest BCUT2D eigenvalue weighted by Crippen LogP contribution is 2.10. The minimum absolute atomic E-state index is 0.204. The second kappa shape index (κ2) is 4.68. The molecule has 0 aliphatic heterocycles. The lowest BCUT2D eigenvalue weighted by Gasteiger charge is -2.32. The molecule has 0 aromatic rings. The van der Waals surface area contributed by atoms with E-state index in [1.54, 1.807) is 7.11 Å². The van der Waals surface area contributed by atoms with E-state index in [1.165, 1.54) is 14.2 Å². The van der Waals surface area contributed by atoms with E-state index in [0.717, 1.165) is 0 Å². The van der Waals surface area contributed by atoms with E-state index in [2.05, 4.69) is 0 Å². The molecule has 0 radical (unpaired) electrons. The lowest BCUT2D eigenvalue weighted by Crippen LogP contribution is -2.41. The summed E-state index contributed by atoms with van der Waals surface area (Å²) in [5, 5.41) is 0. The molecule has 0 N–H and O–H groups in total. The Labute approximate surface area is 61.8 Å². The molecule has 0 aliphatic carbocycles. The van der Waals surface area contributed by atoms with E-state index in [9.17, 15) is 0 Å². The van der Waals surface area contributed by atoms with Crippen molar-refractivity contribution >= 4 is 8.05 Å². The second-order valence-electron chi connectivity index (χ2n) is 1.52. The average molecular weight is 149 g/mol. The zero-order chi connectivity index (χ0) is 8.04. The van der Waals surface area contributed by atoms with Crippen LogP contribution in [0.3, 0.4) is 0 Å². The first-order chi connectivity index (χ1) is 4.74. The van der Waals surface area contributed by atoms with Crippen molar-refractivity contribution in [2.75, 3.05) is 27.9 Å². The topological polar surface area (TPSA) is 36.9 Å². The summed E-state index contributed by atoms with van der Waals surface area (Å²) in [6.45, 7) is 0.309. The largest absolute Gasteiger partial charge is 0.552 e. The van der Waals surface area contributed by atoms with Crippen molar-refractivity contribution in [2.45, 2.75) is 5.97 Å². The quantitative estimate of drug-likeness (QED) is 0.366. The van der Waals surface area contributed by atoms with Crippen molar-refractivity contribution in [3.05, 3.63) is 0 Å². The summed E-state index contributed by atoms with van der Waals surface area (Å²) < 4.78 is 19.9. The first-order valence-electron chi connectivity index (χ1n) is 2.48. The van der Waals surface area contributed by atoms with Gasteiger partial charge in [-0.1, -0.05) is 0 Å². The molecule has 0 fully saturated rings. The predicted molar refractivity (Wildman–Crippen MR) is 39.6 cm³/mol. The molecular weight excluding hydrogens is 135 g/mol. The van der Waals surface area contributed by atoms with Gasteiger partial charge in [0.2, 0.25) is 0 Å². The van der Waals surface area contributed by atoms with Crippen molar-refractivity contribution in [3.8, 4) is 0 Å². The van der Waals surface area contributed by atoms with E-state index < -0.39 is 5.97 Å². The Morgan fingerprint density at radius 2 is 1.70 bits per heavy atom. The van der Waals surface area contributed by atoms with Crippen molar-refractivity contribution in [2.24, 2.45) is 0 Å². The normalized spacial score (nSPS) is 12.0. The summed E-state index contributed by atoms with van der Waals surface area (Å²) in [6.07, 6.45) is 0. The first-order valence-corrected chi connectivity index (χ1v) is 2.48. The highest BCUT2D eigenvalue weighted by Gasteiger charge is 2.25. The van der Waals surface area contributed by atoms with E-state index in [1.807, 2.05) is 0 Å². The number of methoxy groups -OCH3 is 3. The predicted octanol–water partition coefficient (Wildman–Crippen LogP) is -1.12. The minimum atomic E-state index is -0.936. The molecule has 0 spiro atoms. The maximum absolute atomic E-state index is 5.16. The Morgan fingerprint density at radius 3 is 1.80 bits per heavy atom. The average Bonchev–Trinajstić information content (AvgIpc) is 2.01. The molecule has 0 amide bonds. The van der Waals surface area contributed by atoms with E-state index in [4.69, 9.17) is 18.9 Å². The molecule has 0 unspecified atom stereocenters. The van der Waals surface area contributed by atoms with Gasteiger partial charge in [0.05, 0.1) is 8.05 Å². The Hall–Kier alpha value is -0.0951. The first kappa shape index (κ1) is 9.90. The van der Waals surface area contributed by atoms with E-state index in [0.29, 0.717) is 6.61 Å². The van der Waals surface area contributed by atoms with Crippen molar-refractivity contribution in [3.63, 3.8) is 0 Å². The van der Waals surface area contributed by atoms with Gasteiger partial charge in [0.1, 0.15) is 6.61 Å². The molecule has 0 heterocycles. The molecule has 10 heavy (non-hydrogen) atoms. The van der Waals surface area contributed by atoms with Crippen LogP contribution in [0.2, 0.25) is 0 Å². The van der Waals surface area contributed by atoms with Crippen molar-refractivity contribution < 1.29 is 18.9 Å². The van der Waals surface area contributed by atoms with Gasteiger partial charge < -0.3 is 18.9 Å². The van der Waals surface area contributed by atoms with Crippen LogP contribution in [0, 0.1) is 0 Å². The number of rotatable bonds is 5. The smallest absolute Gasteiger partial charge is 0.265 e. The second-order valence-corrected chi connectivity index (χ2v) is 1.52. The number of hydrogen-bond acceptors (Lipinski definition) is 4. The molecule has 0 rings (SSSR count). The summed E-state index contributed by atoms with van der Waals surface area (Å²) in [5.41, 5.74) is 0. The third-order valence-electron chi connectivity index (χ3n) is 0.943. The molecular formula is C5H14BO4-. The van der Waals surface area contributed by atoms with Crippen LogP contribution in [0.5, 0.6) is 0 Å². The molecule has 0 atom stereocenters. The summed E-state index contributed by atoms with van der Waals surface area (Å²) in [6, 6.07) is 0. The van der Waals surface area contributed by atoms with Crippen molar-refractivity contribution in [1.82, 2.24) is 0 Å². The number of ether oxygens (including phenoxy) is 3. The molecule has 5 heteroatoms. The third-order valence-corrected chi connectivity index (χ3v) is 0.943. The molecule has 0 aliphatic rings. The molecule has 0 aromatic carbocycles. The zero-order valence-electron chi connectivity index (χ0n) is 5.84. The van der Waals surface area contributed by atoms with Gasteiger partial charge in [-0.2, -0.15) is 0 Å². The van der Waals surface area contributed by atoms with E-state index in [-0.39, 0.29) is 8.05 Å². The van der Waals surface area contributed by atoms with Crippen LogP contribution in [0.25, 0.3) is 0 Å². The SMILES string of the molecule is [BH3-]OC(COC)(OC)OC. The van der Waals surface area contributed by atoms with Crippen molar-refractivity contribution in [1.29, 1.82) is 0 Å². The fraction of sp³-hybridized carbons (Fsp3) is 1.00. The fourth-order valence-corrected chi connectivity index (χ4v) is 0.378. The lowest BCUT2D eigenvalue weighted by molar-refractivity contribution is -0.337. The summed E-state index contributed by atoms with van der Waals surface area (Å²) in [7, 11) is 4.44. The van der Waals surface area contributed by atoms with Gasteiger partial charge in [-0.15, -0.1) is 0 Å². The highest BCUT2D eigenvalue weighted by molar-refractivity contribution is 5.98. The Morgan fingerprint density at radius 1 is 1.20 bits per heavy atom. The molecule has 4 nitrogen and oxygen atoms in total. The monoisotopic (exact) mass is 149 g/mol. The summed E-state index contributed by atoms with van der Waals surface area (Å²) >= 11 is 0. The standard InChI is InChI=1S/C5H14BO4/c1-7-4-5(8-2,9-3)10-6/h4H2,1-3,6H3/q-1. The van der Waals surface area contributed by atoms with Crippen LogP contribution in [-0.4, -0.2) is 42.0 Å². The van der Waals surface area contributed by atoms with Crippen LogP contribution in [-0.2, 0) is 18.9 Å². The Balaban J connectivity index is 3.87. The van der Waals surface area contributed by atoms with Gasteiger partial charge in [-0.05, 0) is 0 Å².